The van der Waals surface area contributed by atoms with Gasteiger partial charge in [0.1, 0.15) is 5.60 Å². The van der Waals surface area contributed by atoms with Crippen LogP contribution in [0.15, 0.2) is 123 Å². The first kappa shape index (κ1) is 114. The summed E-state index contributed by atoms with van der Waals surface area (Å²) >= 11 is 9.37. The predicted octanol–water partition coefficient (Wildman–Crippen LogP) is 17.9. The van der Waals surface area contributed by atoms with Gasteiger partial charge in [-0.3, -0.25) is 39.1 Å². The number of piperazine rings is 2. The van der Waals surface area contributed by atoms with Crippen molar-refractivity contribution in [1.29, 1.82) is 0 Å². The minimum absolute atomic E-state index is 0.0420. The Balaban J connectivity index is 0.000000180. The van der Waals surface area contributed by atoms with Crippen molar-refractivity contribution in [1.82, 2.24) is 54.7 Å². The molecular weight excluding hydrogens is 2120 g/mol. The number of carbonyl (C=O) groups is 9. The summed E-state index contributed by atoms with van der Waals surface area (Å²) in [4.78, 5) is 137. The van der Waals surface area contributed by atoms with Crippen molar-refractivity contribution in [2.75, 3.05) is 177 Å². The topological polar surface area (TPSA) is 358 Å². The zero-order valence-electron chi connectivity index (χ0n) is 84.2. The van der Waals surface area contributed by atoms with Gasteiger partial charge in [0.25, 0.3) is 17.7 Å². The molecule has 9 fully saturated rings. The van der Waals surface area contributed by atoms with E-state index in [1.54, 1.807) is 20.8 Å². The fraction of sp³-hybridized carbons (Fsp3) is 0.571. The van der Waals surface area contributed by atoms with Gasteiger partial charge in [0.15, 0.2) is 18.3 Å². The third kappa shape index (κ3) is 27.8. The predicted molar refractivity (Wildman–Crippen MR) is 553 cm³/mol. The van der Waals surface area contributed by atoms with E-state index in [4.69, 9.17) is 36.1 Å². The van der Waals surface area contributed by atoms with Crippen LogP contribution in [0.25, 0.3) is 0 Å². The number of anilines is 6. The zero-order chi connectivity index (χ0) is 106. The molecule has 3 atom stereocenters. The molecule has 6 aromatic carbocycles. The summed E-state index contributed by atoms with van der Waals surface area (Å²) < 4.78 is 148. The summed E-state index contributed by atoms with van der Waals surface area (Å²) in [6.07, 6.45) is -9.50. The molecule has 18 rings (SSSR count). The highest BCUT2D eigenvalue weighted by molar-refractivity contribution is 9.11. The van der Waals surface area contributed by atoms with E-state index in [0.717, 1.165) is 150 Å². The number of benzene rings is 6. The van der Waals surface area contributed by atoms with Crippen LogP contribution >= 0.6 is 47.8 Å². The summed E-state index contributed by atoms with van der Waals surface area (Å²) in [7, 11) is 0. The molecule has 804 valence electrons. The summed E-state index contributed by atoms with van der Waals surface area (Å²) in [6, 6.07) is 30.9. The molecule has 11 N–H and O–H groups in total. The van der Waals surface area contributed by atoms with Gasteiger partial charge in [-0.2, -0.15) is 39.5 Å². The maximum Gasteiger partial charge on any atom is 0.418 e. The van der Waals surface area contributed by atoms with Gasteiger partial charge in [-0.15, -0.1) is 0 Å². The summed E-state index contributed by atoms with van der Waals surface area (Å²) in [5.74, 6) is -1.44. The lowest BCUT2D eigenvalue weighted by Gasteiger charge is -2.44. The Morgan fingerprint density at radius 2 is 0.680 bits per heavy atom. The van der Waals surface area contributed by atoms with Crippen LogP contribution in [0, 0.1) is 0 Å². The van der Waals surface area contributed by atoms with Crippen molar-refractivity contribution in [3.8, 4) is 0 Å². The summed E-state index contributed by atoms with van der Waals surface area (Å²) in [6.45, 7) is 25.4. The molecule has 12 heterocycles. The SMILES string of the molecule is CC.CC.CC.Nc1c(Br)cc(C[C@@H](OC(=O)N2CCC3(CC2)CC(=O)Nc2ccccc23)C(=O)N2CCC(N3CCNCC3)CC2)cc1C(F)(F)F.Nc1c(Br)cc(C[C@@H](OC(=O)N2CCC3(CC2)CC(=O)Nc2ccccc23)C(=O)N2CCN(C3CCNCC3)CC2)cc1C(F)(F)F.Nc1c(Br)cc(C[C@@H](OC(=O)N2CCC3(CC2)OC(=O)Nc2ccccc23)C(=O)N2CCC(N3CCCCC3)CC2)cc1C(F)(F)F. The van der Waals surface area contributed by atoms with Crippen LogP contribution in [0.1, 0.15) is 201 Å². The fourth-order valence-corrected chi connectivity index (χ4v) is 23.9. The van der Waals surface area contributed by atoms with Gasteiger partial charge in [-0.25, -0.2) is 19.2 Å². The summed E-state index contributed by atoms with van der Waals surface area (Å²) in [5, 5.41) is 15.3. The van der Waals surface area contributed by atoms with Crippen molar-refractivity contribution in [2.24, 2.45) is 0 Å². The molecule has 0 bridgehead atoms. The van der Waals surface area contributed by atoms with Gasteiger partial charge in [0.05, 0.1) is 39.4 Å². The van der Waals surface area contributed by atoms with E-state index in [1.807, 2.05) is 108 Å². The number of rotatable bonds is 15. The number of halogens is 12. The minimum Gasteiger partial charge on any atom is -0.438 e. The Bertz CT molecular complexity index is 5040. The Kier molecular flexibility index (Phi) is 39.2. The van der Waals surface area contributed by atoms with E-state index in [9.17, 15) is 82.7 Å². The largest absolute Gasteiger partial charge is 0.438 e. The highest BCUT2D eigenvalue weighted by atomic mass is 79.9. The highest BCUT2D eigenvalue weighted by Gasteiger charge is 2.51. The second-order valence-electron chi connectivity index (χ2n) is 38.8. The molecule has 147 heavy (non-hydrogen) atoms. The number of nitrogens with zero attached hydrogens (tertiary/aromatic N) is 9. The monoisotopic (exact) mass is 2250 g/mol. The number of hydrogen-bond donors (Lipinski definition) is 8. The van der Waals surface area contributed by atoms with Crippen LogP contribution in [0.3, 0.4) is 0 Å². The first-order valence-corrected chi connectivity index (χ1v) is 53.9. The van der Waals surface area contributed by atoms with Crippen molar-refractivity contribution in [3.63, 3.8) is 0 Å². The lowest BCUT2D eigenvalue weighted by molar-refractivity contribution is -0.143. The third-order valence-corrected chi connectivity index (χ3v) is 32.1. The highest BCUT2D eigenvalue weighted by Crippen LogP contribution is 2.50. The number of hydrogen-bond acceptors (Lipinski definition) is 21. The maximum atomic E-state index is 14.0. The lowest BCUT2D eigenvalue weighted by Crippen LogP contribution is -2.56. The molecule has 42 heteroatoms. The van der Waals surface area contributed by atoms with Crippen molar-refractivity contribution in [3.05, 3.63) is 173 Å². The van der Waals surface area contributed by atoms with E-state index < -0.39 is 129 Å². The number of ether oxygens (including phenoxy) is 4. The summed E-state index contributed by atoms with van der Waals surface area (Å²) in [5.41, 5.74) is 16.6. The Labute approximate surface area is 877 Å². The van der Waals surface area contributed by atoms with Gasteiger partial charge in [0.2, 0.25) is 11.8 Å². The van der Waals surface area contributed by atoms with Gasteiger partial charge in [-0.05, 0) is 233 Å². The molecule has 9 saturated heterocycles. The molecular formula is C105H137Br3F9N17O13. The number of alkyl halides is 9. The first-order chi connectivity index (χ1) is 70.3. The maximum absolute atomic E-state index is 14.0. The number of likely N-dealkylation sites (tertiary alicyclic amines) is 6. The van der Waals surface area contributed by atoms with E-state index in [0.29, 0.717) is 154 Å². The van der Waals surface area contributed by atoms with Crippen LogP contribution in [0.5, 0.6) is 0 Å². The molecule has 0 saturated carbocycles. The van der Waals surface area contributed by atoms with E-state index >= 15 is 0 Å². The van der Waals surface area contributed by atoms with Gasteiger partial charge < -0.3 is 91.7 Å². The molecule has 0 unspecified atom stereocenters. The van der Waals surface area contributed by atoms with Crippen LogP contribution in [0.4, 0.5) is 92.8 Å². The van der Waals surface area contributed by atoms with Crippen molar-refractivity contribution in [2.45, 2.75) is 241 Å². The molecule has 12 aliphatic rings. The average Bonchev–Trinajstić information content (AvgIpc) is 0.759. The van der Waals surface area contributed by atoms with Crippen LogP contribution in [-0.2, 0) is 97.1 Å². The zero-order valence-corrected chi connectivity index (χ0v) is 88.9. The van der Waals surface area contributed by atoms with Crippen molar-refractivity contribution >= 4 is 136 Å². The quantitative estimate of drug-likeness (QED) is 0.0269. The number of carbonyl (C=O) groups excluding carboxylic acids is 9. The Morgan fingerprint density at radius 3 is 1.04 bits per heavy atom. The second kappa shape index (κ2) is 50.6. The molecule has 6 aromatic rings. The van der Waals surface area contributed by atoms with Crippen LogP contribution in [0.2, 0.25) is 0 Å². The fourth-order valence-electron chi connectivity index (χ4n) is 22.4. The van der Waals surface area contributed by atoms with Gasteiger partial charge in [-0.1, -0.05) is 103 Å². The molecule has 12 aliphatic heterocycles. The van der Waals surface area contributed by atoms with E-state index in [1.165, 1.54) is 39.3 Å². The smallest absolute Gasteiger partial charge is 0.418 e. The Morgan fingerprint density at radius 1 is 0.374 bits per heavy atom. The number of para-hydroxylation sites is 3. The Hall–Kier alpha value is -10.2. The number of nitrogens with one attached hydrogen (secondary N) is 5. The molecule has 9 amide bonds. The molecule has 0 aliphatic carbocycles. The molecule has 0 aromatic heterocycles. The minimum atomic E-state index is -4.71. The average molecular weight is 2260 g/mol. The van der Waals surface area contributed by atoms with Crippen LogP contribution in [-0.4, -0.2) is 278 Å². The lowest BCUT2D eigenvalue weighted by atomic mass is 9.68. The number of nitrogen functional groups attached to an aromatic ring is 3. The second-order valence-corrected chi connectivity index (χ2v) is 41.4. The standard InChI is InChI=1S/2C33H40BrF3N6O4.C33H39BrF3N5O5.3C2H6/c34-25-18-21(17-24(29(25)38)33(35,36)37)19-27(30(45)42-11-5-22(6-12-42)41-15-9-39-10-16-41)47-31(46)43-13-7-32(8-14-43)20-28(44)40-26-4-2-1-3-23(26)32;34-25-18-21(17-24(29(25)38)33(35,36)37)19-27(30(45)42-15-13-41(14-16-42)22-5-9-39-10-6-22)47-31(46)43-11-7-32(8-12-43)20-28(44)40-26-4-2-1-3-23(26)32;34-25-19-21(18-24(28(25)38)33(35,36)37)20-27(29(43)41-14-8-22(9-15-41)40-12-4-1-5-13-40)46-31(45)42-16-10-32(11-17-42)23-6-2-3-7-26(23)39-30(44)47-32;3*1-2/h2*1-4,17-18,22,27,39H,5-16,19-20,38H2,(H,40,44);2-3,6-7,18-19,22,27H,1,4-5,8-17,20,38H2,(H,39,44);3*1-2H3/t3*27-;;;/m111.../s1. The van der Waals surface area contributed by atoms with E-state index in [-0.39, 0.29) is 74.3 Å². The van der Waals surface area contributed by atoms with E-state index in [2.05, 4.69) is 89.1 Å². The number of nitrogens with two attached hydrogens (primary N) is 3. The van der Waals surface area contributed by atoms with Crippen molar-refractivity contribution < 1.29 is 102 Å². The van der Waals surface area contributed by atoms with Crippen LogP contribution < -0.4 is 43.8 Å². The first-order valence-electron chi connectivity index (χ1n) is 51.5. The number of fused-ring (bicyclic) bond motifs is 6. The number of piperidine rings is 7. The number of amides is 9. The molecule has 0 radical (unpaired) electrons. The third-order valence-electron chi connectivity index (χ3n) is 30.2. The molecule has 30 nitrogen and oxygen atoms in total. The normalized spacial score (nSPS) is 20.4. The van der Waals surface area contributed by atoms with Gasteiger partial charge >= 0.3 is 42.9 Å². The molecule has 3 spiro atoms. The van der Waals surface area contributed by atoms with Gasteiger partial charge in [0, 0.05) is 222 Å².